The van der Waals surface area contributed by atoms with E-state index in [1.54, 1.807) is 24.5 Å². The van der Waals surface area contributed by atoms with Gasteiger partial charge in [-0.2, -0.15) is 0 Å². The van der Waals surface area contributed by atoms with Crippen molar-refractivity contribution in [2.24, 2.45) is 0 Å². The largest absolute Gasteiger partial charge is 0.325 e. The molecule has 1 heterocycles. The van der Waals surface area contributed by atoms with Gasteiger partial charge in [0.25, 0.3) is 0 Å². The van der Waals surface area contributed by atoms with Crippen molar-refractivity contribution in [3.63, 3.8) is 0 Å². The second-order valence-electron chi connectivity index (χ2n) is 5.26. The monoisotopic (exact) mass is 341 g/mol. The lowest BCUT2D eigenvalue weighted by molar-refractivity contribution is -0.113. The molecule has 122 valence electrons. The minimum atomic E-state index is -0.287. The van der Waals surface area contributed by atoms with Crippen LogP contribution in [-0.4, -0.2) is 21.2 Å². The molecule has 24 heavy (non-hydrogen) atoms. The Kier molecular flexibility index (Phi) is 4.96. The predicted octanol–water partition coefficient (Wildman–Crippen LogP) is 4.05. The van der Waals surface area contributed by atoms with Crippen LogP contribution >= 0.6 is 11.8 Å². The van der Waals surface area contributed by atoms with E-state index in [0.717, 1.165) is 16.9 Å². The second kappa shape index (κ2) is 7.31. The number of imidazole rings is 1. The Morgan fingerprint density at radius 2 is 1.88 bits per heavy atom. The molecule has 0 atom stereocenters. The fourth-order valence-electron chi connectivity index (χ4n) is 2.16. The summed E-state index contributed by atoms with van der Waals surface area (Å²) in [5.41, 5.74) is 2.71. The van der Waals surface area contributed by atoms with E-state index < -0.39 is 0 Å². The van der Waals surface area contributed by atoms with Crippen LogP contribution in [0, 0.1) is 12.7 Å². The molecule has 0 saturated heterocycles. The number of rotatable bonds is 5. The zero-order chi connectivity index (χ0) is 16.9. The minimum Gasteiger partial charge on any atom is -0.325 e. The molecule has 0 radical (unpaired) electrons. The van der Waals surface area contributed by atoms with E-state index in [1.807, 2.05) is 35.8 Å². The van der Waals surface area contributed by atoms with Gasteiger partial charge < -0.3 is 5.32 Å². The van der Waals surface area contributed by atoms with E-state index in [0.29, 0.717) is 5.16 Å². The number of aryl methyl sites for hydroxylation is 1. The number of amides is 1. The van der Waals surface area contributed by atoms with E-state index in [-0.39, 0.29) is 17.5 Å². The fourth-order valence-corrected chi connectivity index (χ4v) is 2.93. The van der Waals surface area contributed by atoms with Crippen LogP contribution in [0.2, 0.25) is 0 Å². The maximum absolute atomic E-state index is 13.0. The van der Waals surface area contributed by atoms with Crippen LogP contribution < -0.4 is 5.32 Å². The van der Waals surface area contributed by atoms with Crippen LogP contribution in [0.1, 0.15) is 5.56 Å². The van der Waals surface area contributed by atoms with Crippen molar-refractivity contribution in [3.05, 3.63) is 72.3 Å². The first-order valence-corrected chi connectivity index (χ1v) is 8.39. The zero-order valence-corrected chi connectivity index (χ0v) is 13.9. The van der Waals surface area contributed by atoms with Crippen LogP contribution in [0.4, 0.5) is 10.1 Å². The standard InChI is InChI=1S/C18H16FN3OS/c1-13-2-6-15(7-3-13)21-17(23)12-24-18-20-10-11-22(18)16-8-4-14(19)5-9-16/h2-11H,12H2,1H3,(H,21,23). The van der Waals surface area contributed by atoms with Gasteiger partial charge in [0.1, 0.15) is 5.82 Å². The Balaban J connectivity index is 1.63. The van der Waals surface area contributed by atoms with Crippen molar-refractivity contribution < 1.29 is 9.18 Å². The maximum Gasteiger partial charge on any atom is 0.234 e. The van der Waals surface area contributed by atoms with E-state index in [2.05, 4.69) is 10.3 Å². The minimum absolute atomic E-state index is 0.0995. The quantitative estimate of drug-likeness (QED) is 0.712. The number of thioether (sulfide) groups is 1. The van der Waals surface area contributed by atoms with E-state index in [9.17, 15) is 9.18 Å². The zero-order valence-electron chi connectivity index (χ0n) is 13.1. The van der Waals surface area contributed by atoms with Gasteiger partial charge in [-0.1, -0.05) is 29.5 Å². The van der Waals surface area contributed by atoms with Gasteiger partial charge in [-0.3, -0.25) is 9.36 Å². The smallest absolute Gasteiger partial charge is 0.234 e. The van der Waals surface area contributed by atoms with Crippen molar-refractivity contribution in [2.45, 2.75) is 12.1 Å². The summed E-state index contributed by atoms with van der Waals surface area (Å²) in [6, 6.07) is 13.8. The summed E-state index contributed by atoms with van der Waals surface area (Å²) < 4.78 is 14.9. The van der Waals surface area contributed by atoms with Crippen LogP contribution in [0.15, 0.2) is 66.1 Å². The topological polar surface area (TPSA) is 46.9 Å². The Labute approximate surface area is 143 Å². The van der Waals surface area contributed by atoms with Crippen molar-refractivity contribution in [1.29, 1.82) is 0 Å². The number of carbonyl (C=O) groups is 1. The molecule has 0 unspecified atom stereocenters. The highest BCUT2D eigenvalue weighted by atomic mass is 32.2. The number of benzene rings is 2. The second-order valence-corrected chi connectivity index (χ2v) is 6.20. The molecule has 2 aromatic carbocycles. The number of aromatic nitrogens is 2. The van der Waals surface area contributed by atoms with Crippen molar-refractivity contribution >= 4 is 23.4 Å². The highest BCUT2D eigenvalue weighted by Crippen LogP contribution is 2.21. The van der Waals surface area contributed by atoms with Crippen LogP contribution in [0.3, 0.4) is 0 Å². The van der Waals surface area contributed by atoms with Gasteiger partial charge in [-0.25, -0.2) is 9.37 Å². The highest BCUT2D eigenvalue weighted by Gasteiger charge is 2.09. The number of carbonyl (C=O) groups excluding carboxylic acids is 1. The first-order chi connectivity index (χ1) is 11.6. The van der Waals surface area contributed by atoms with E-state index >= 15 is 0 Å². The molecule has 1 amide bonds. The molecular weight excluding hydrogens is 325 g/mol. The first kappa shape index (κ1) is 16.3. The summed E-state index contributed by atoms with van der Waals surface area (Å²) in [6.07, 6.45) is 3.44. The molecule has 3 aromatic rings. The number of halogens is 1. The number of hydrogen-bond acceptors (Lipinski definition) is 3. The number of nitrogens with zero attached hydrogens (tertiary/aromatic N) is 2. The summed E-state index contributed by atoms with van der Waals surface area (Å²) >= 11 is 1.33. The fraction of sp³-hybridized carbons (Fsp3) is 0.111. The lowest BCUT2D eigenvalue weighted by atomic mass is 10.2. The van der Waals surface area contributed by atoms with E-state index in [4.69, 9.17) is 0 Å². The van der Waals surface area contributed by atoms with Crippen molar-refractivity contribution in [3.8, 4) is 5.69 Å². The average molecular weight is 341 g/mol. The molecule has 0 aliphatic heterocycles. The van der Waals surface area contributed by atoms with Crippen molar-refractivity contribution in [1.82, 2.24) is 9.55 Å². The molecular formula is C18H16FN3OS. The van der Waals surface area contributed by atoms with Gasteiger partial charge in [0.2, 0.25) is 5.91 Å². The van der Waals surface area contributed by atoms with Gasteiger partial charge in [0.05, 0.1) is 5.75 Å². The summed E-state index contributed by atoms with van der Waals surface area (Å²) in [6.45, 7) is 2.00. The molecule has 0 bridgehead atoms. The maximum atomic E-state index is 13.0. The number of nitrogens with one attached hydrogen (secondary N) is 1. The number of hydrogen-bond donors (Lipinski definition) is 1. The molecule has 0 aliphatic carbocycles. The van der Waals surface area contributed by atoms with Crippen LogP contribution in [-0.2, 0) is 4.79 Å². The number of anilines is 1. The van der Waals surface area contributed by atoms with Gasteiger partial charge in [-0.05, 0) is 43.3 Å². The Morgan fingerprint density at radius 3 is 2.58 bits per heavy atom. The normalized spacial score (nSPS) is 10.6. The molecule has 1 aromatic heterocycles. The highest BCUT2D eigenvalue weighted by molar-refractivity contribution is 7.99. The van der Waals surface area contributed by atoms with Gasteiger partial charge in [-0.15, -0.1) is 0 Å². The third-order valence-corrected chi connectivity index (χ3v) is 4.35. The molecule has 3 rings (SSSR count). The SMILES string of the molecule is Cc1ccc(NC(=O)CSc2nccn2-c2ccc(F)cc2)cc1. The summed E-state index contributed by atoms with van der Waals surface area (Å²) in [5, 5.41) is 3.53. The van der Waals surface area contributed by atoms with Gasteiger partial charge in [0.15, 0.2) is 5.16 Å². The summed E-state index contributed by atoms with van der Waals surface area (Å²) in [4.78, 5) is 16.3. The summed E-state index contributed by atoms with van der Waals surface area (Å²) in [5.74, 6) is -0.144. The van der Waals surface area contributed by atoms with Crippen LogP contribution in [0.25, 0.3) is 5.69 Å². The third kappa shape index (κ3) is 4.02. The van der Waals surface area contributed by atoms with Gasteiger partial charge in [0, 0.05) is 23.8 Å². The molecule has 0 aliphatic rings. The Morgan fingerprint density at radius 1 is 1.17 bits per heavy atom. The molecule has 0 spiro atoms. The third-order valence-electron chi connectivity index (χ3n) is 3.38. The lowest BCUT2D eigenvalue weighted by Gasteiger charge is -2.08. The van der Waals surface area contributed by atoms with Gasteiger partial charge >= 0.3 is 0 Å². The Bertz CT molecular complexity index is 828. The van der Waals surface area contributed by atoms with Crippen LogP contribution in [0.5, 0.6) is 0 Å². The summed E-state index contributed by atoms with van der Waals surface area (Å²) in [7, 11) is 0. The lowest BCUT2D eigenvalue weighted by Crippen LogP contribution is -2.14. The first-order valence-electron chi connectivity index (χ1n) is 7.40. The molecule has 1 N–H and O–H groups in total. The predicted molar refractivity (Wildman–Crippen MR) is 94.1 cm³/mol. The molecule has 6 heteroatoms. The molecule has 0 saturated carbocycles. The van der Waals surface area contributed by atoms with E-state index in [1.165, 1.54) is 23.9 Å². The average Bonchev–Trinajstić information content (AvgIpc) is 3.04. The molecule has 4 nitrogen and oxygen atoms in total. The Hall–Kier alpha value is -2.60. The van der Waals surface area contributed by atoms with Crippen molar-refractivity contribution in [2.75, 3.05) is 11.1 Å². The molecule has 0 fully saturated rings.